The van der Waals surface area contributed by atoms with E-state index >= 15 is 0 Å². The molecule has 1 aromatic carbocycles. The lowest BCUT2D eigenvalue weighted by Gasteiger charge is -2.22. The van der Waals surface area contributed by atoms with Crippen molar-refractivity contribution in [1.82, 2.24) is 20.0 Å². The number of benzene rings is 1. The Balaban J connectivity index is 1.35. The van der Waals surface area contributed by atoms with Crippen LogP contribution in [0.2, 0.25) is 0 Å². The molecule has 1 saturated heterocycles. The maximum atomic E-state index is 12.6. The van der Waals surface area contributed by atoms with Gasteiger partial charge >= 0.3 is 6.03 Å². The molecule has 1 fully saturated rings. The number of fused-ring (bicyclic) bond motifs is 1. The molecule has 25 heavy (non-hydrogen) atoms. The molecular formula is C18H21N5OS. The number of carbonyl (C=O) groups excluding carboxylic acids is 1. The second kappa shape index (κ2) is 7.25. The third-order valence-corrected chi connectivity index (χ3v) is 5.39. The third kappa shape index (κ3) is 3.83. The summed E-state index contributed by atoms with van der Waals surface area (Å²) < 4.78 is 0. The molecule has 0 saturated carbocycles. The molecule has 2 N–H and O–H groups in total. The molecule has 7 heteroatoms. The van der Waals surface area contributed by atoms with Crippen molar-refractivity contribution in [2.45, 2.75) is 13.0 Å². The zero-order chi connectivity index (χ0) is 17.1. The molecule has 1 aliphatic heterocycles. The van der Waals surface area contributed by atoms with E-state index in [1.807, 2.05) is 23.1 Å². The van der Waals surface area contributed by atoms with Crippen LogP contribution in [0.15, 0.2) is 41.9 Å². The molecule has 0 spiro atoms. The van der Waals surface area contributed by atoms with Gasteiger partial charge in [0, 0.05) is 48.7 Å². The van der Waals surface area contributed by atoms with Gasteiger partial charge < -0.3 is 10.2 Å². The number of rotatable bonds is 3. The largest absolute Gasteiger partial charge is 0.323 e. The van der Waals surface area contributed by atoms with Gasteiger partial charge in [0.05, 0.1) is 11.7 Å². The molecule has 4 rings (SSSR count). The number of nitrogens with one attached hydrogen (secondary N) is 2. The van der Waals surface area contributed by atoms with Gasteiger partial charge in [-0.2, -0.15) is 5.10 Å². The van der Waals surface area contributed by atoms with Crippen molar-refractivity contribution < 1.29 is 4.79 Å². The molecule has 6 nitrogen and oxygen atoms in total. The summed E-state index contributed by atoms with van der Waals surface area (Å²) in [6.07, 6.45) is 2.77. The van der Waals surface area contributed by atoms with Crippen molar-refractivity contribution in [3.8, 4) is 0 Å². The van der Waals surface area contributed by atoms with Crippen LogP contribution in [0.25, 0.3) is 10.9 Å². The van der Waals surface area contributed by atoms with Gasteiger partial charge in [-0.15, -0.1) is 11.3 Å². The molecule has 0 atom stereocenters. The number of anilines is 1. The highest BCUT2D eigenvalue weighted by Gasteiger charge is 2.19. The summed E-state index contributed by atoms with van der Waals surface area (Å²) in [6.45, 7) is 4.46. The minimum Gasteiger partial charge on any atom is -0.323 e. The van der Waals surface area contributed by atoms with E-state index in [0.29, 0.717) is 0 Å². The number of carbonyl (C=O) groups is 1. The van der Waals surface area contributed by atoms with E-state index in [9.17, 15) is 4.79 Å². The normalized spacial score (nSPS) is 16.1. The van der Waals surface area contributed by atoms with E-state index in [4.69, 9.17) is 0 Å². The van der Waals surface area contributed by atoms with Crippen LogP contribution in [0.5, 0.6) is 0 Å². The zero-order valence-corrected chi connectivity index (χ0v) is 14.8. The van der Waals surface area contributed by atoms with Crippen molar-refractivity contribution in [3.63, 3.8) is 0 Å². The van der Waals surface area contributed by atoms with Crippen LogP contribution in [-0.2, 0) is 6.54 Å². The van der Waals surface area contributed by atoms with Crippen LogP contribution < -0.4 is 5.32 Å². The van der Waals surface area contributed by atoms with Gasteiger partial charge in [-0.25, -0.2) is 4.79 Å². The van der Waals surface area contributed by atoms with Crippen molar-refractivity contribution in [1.29, 1.82) is 0 Å². The van der Waals surface area contributed by atoms with Crippen LogP contribution in [0, 0.1) is 0 Å². The Kier molecular flexibility index (Phi) is 4.67. The summed E-state index contributed by atoms with van der Waals surface area (Å²) in [7, 11) is 0. The average molecular weight is 355 g/mol. The van der Waals surface area contributed by atoms with Gasteiger partial charge in [0.25, 0.3) is 0 Å². The summed E-state index contributed by atoms with van der Waals surface area (Å²) in [5.41, 5.74) is 1.72. The van der Waals surface area contributed by atoms with Gasteiger partial charge in [-0.05, 0) is 36.1 Å². The highest BCUT2D eigenvalue weighted by molar-refractivity contribution is 7.09. The average Bonchev–Trinajstić information content (AvgIpc) is 3.23. The molecule has 1 aliphatic rings. The molecule has 2 aromatic heterocycles. The summed E-state index contributed by atoms with van der Waals surface area (Å²) >= 11 is 1.79. The number of hydrogen-bond donors (Lipinski definition) is 2. The molecule has 0 radical (unpaired) electrons. The molecule has 0 bridgehead atoms. The Hall–Kier alpha value is -2.38. The van der Waals surface area contributed by atoms with Crippen LogP contribution >= 0.6 is 11.3 Å². The molecule has 130 valence electrons. The Labute approximate surface area is 150 Å². The number of thiophene rings is 1. The van der Waals surface area contributed by atoms with Crippen molar-refractivity contribution >= 4 is 34.0 Å². The maximum Gasteiger partial charge on any atom is 0.321 e. The zero-order valence-electron chi connectivity index (χ0n) is 13.9. The van der Waals surface area contributed by atoms with Gasteiger partial charge in [0.2, 0.25) is 0 Å². The maximum absolute atomic E-state index is 12.6. The fourth-order valence-corrected chi connectivity index (χ4v) is 3.92. The third-order valence-electron chi connectivity index (χ3n) is 4.53. The minimum atomic E-state index is -0.0307. The first-order valence-corrected chi connectivity index (χ1v) is 9.40. The van der Waals surface area contributed by atoms with Gasteiger partial charge in [0.1, 0.15) is 0 Å². The predicted octanol–water partition coefficient (Wildman–Crippen LogP) is 3.36. The summed E-state index contributed by atoms with van der Waals surface area (Å²) in [4.78, 5) is 18.3. The number of urea groups is 1. The van der Waals surface area contributed by atoms with E-state index in [2.05, 4.69) is 37.9 Å². The Morgan fingerprint density at radius 2 is 2.20 bits per heavy atom. The van der Waals surface area contributed by atoms with Crippen molar-refractivity contribution in [2.24, 2.45) is 0 Å². The standard InChI is InChI=1S/C18H21N5OS/c24-18(20-15-5-4-14-12-19-21-17(14)11-15)23-7-2-6-22(8-9-23)13-16-3-1-10-25-16/h1,3-5,10-12H,2,6-9,13H2,(H,19,21)(H,20,24). The van der Waals surface area contributed by atoms with Gasteiger partial charge in [0.15, 0.2) is 0 Å². The lowest BCUT2D eigenvalue weighted by molar-refractivity contribution is 0.211. The van der Waals surface area contributed by atoms with E-state index in [-0.39, 0.29) is 6.03 Å². The lowest BCUT2D eigenvalue weighted by atomic mass is 10.2. The van der Waals surface area contributed by atoms with E-state index < -0.39 is 0 Å². The number of H-pyrrole nitrogens is 1. The number of nitrogens with zero attached hydrogens (tertiary/aromatic N) is 3. The van der Waals surface area contributed by atoms with Crippen LogP contribution in [-0.4, -0.2) is 52.2 Å². The molecular weight excluding hydrogens is 334 g/mol. The number of hydrogen-bond acceptors (Lipinski definition) is 4. The second-order valence-electron chi connectivity index (χ2n) is 6.30. The van der Waals surface area contributed by atoms with E-state index in [1.54, 1.807) is 17.5 Å². The van der Waals surface area contributed by atoms with Crippen molar-refractivity contribution in [3.05, 3.63) is 46.8 Å². The summed E-state index contributed by atoms with van der Waals surface area (Å²) in [6, 6.07) is 10.0. The first kappa shape index (κ1) is 16.1. The molecule has 3 aromatic rings. The Morgan fingerprint density at radius 3 is 3.08 bits per heavy atom. The fourth-order valence-electron chi connectivity index (χ4n) is 3.17. The topological polar surface area (TPSA) is 64.3 Å². The SMILES string of the molecule is O=C(Nc1ccc2cn[nH]c2c1)N1CCCN(Cc2cccs2)CC1. The van der Waals surface area contributed by atoms with Gasteiger partial charge in [-0.1, -0.05) is 6.07 Å². The van der Waals surface area contributed by atoms with Gasteiger partial charge in [-0.3, -0.25) is 10.00 Å². The van der Waals surface area contributed by atoms with Crippen LogP contribution in [0.3, 0.4) is 0 Å². The number of amides is 2. The van der Waals surface area contributed by atoms with Crippen LogP contribution in [0.1, 0.15) is 11.3 Å². The summed E-state index contributed by atoms with van der Waals surface area (Å²) in [5, 5.41) is 13.1. The fraction of sp³-hybridized carbons (Fsp3) is 0.333. The van der Waals surface area contributed by atoms with E-state index in [1.165, 1.54) is 4.88 Å². The van der Waals surface area contributed by atoms with Crippen molar-refractivity contribution in [2.75, 3.05) is 31.5 Å². The highest BCUT2D eigenvalue weighted by atomic mass is 32.1. The molecule has 0 unspecified atom stereocenters. The Morgan fingerprint density at radius 1 is 1.24 bits per heavy atom. The predicted molar refractivity (Wildman–Crippen MR) is 101 cm³/mol. The number of aromatic nitrogens is 2. The molecule has 2 amide bonds. The monoisotopic (exact) mass is 355 g/mol. The smallest absolute Gasteiger partial charge is 0.321 e. The quantitative estimate of drug-likeness (QED) is 0.757. The highest BCUT2D eigenvalue weighted by Crippen LogP contribution is 2.18. The molecule has 3 heterocycles. The Bertz CT molecular complexity index is 844. The minimum absolute atomic E-state index is 0.0307. The summed E-state index contributed by atoms with van der Waals surface area (Å²) in [5.74, 6) is 0. The second-order valence-corrected chi connectivity index (χ2v) is 7.33. The van der Waals surface area contributed by atoms with Crippen LogP contribution in [0.4, 0.5) is 10.5 Å². The lowest BCUT2D eigenvalue weighted by Crippen LogP contribution is -2.37. The first-order valence-electron chi connectivity index (χ1n) is 8.52. The first-order chi connectivity index (χ1) is 12.3. The van der Waals surface area contributed by atoms with E-state index in [0.717, 1.165) is 55.7 Å². The molecule has 0 aliphatic carbocycles. The number of aromatic amines is 1.